The lowest BCUT2D eigenvalue weighted by molar-refractivity contribution is 0.619. The Morgan fingerprint density at radius 2 is 1.76 bits per heavy atom. The lowest BCUT2D eigenvalue weighted by Gasteiger charge is -2.17. The minimum atomic E-state index is 0.791. The van der Waals surface area contributed by atoms with Crippen LogP contribution in [0.15, 0.2) is 22.1 Å². The van der Waals surface area contributed by atoms with Crippen molar-refractivity contribution in [3.63, 3.8) is 0 Å². The Morgan fingerprint density at radius 3 is 2.67 bits per heavy atom. The van der Waals surface area contributed by atoms with Crippen molar-refractivity contribution in [2.75, 3.05) is 39.3 Å². The molecule has 0 atom stereocenters. The fraction of sp³-hybridized carbons (Fsp3) is 0.562. The van der Waals surface area contributed by atoms with Crippen LogP contribution in [0.1, 0.15) is 29.8 Å². The summed E-state index contributed by atoms with van der Waals surface area (Å²) in [5, 5.41) is 6.78. The van der Waals surface area contributed by atoms with Crippen LogP contribution in [0.5, 0.6) is 0 Å². The van der Waals surface area contributed by atoms with Crippen molar-refractivity contribution in [3.8, 4) is 0 Å². The van der Waals surface area contributed by atoms with E-state index in [2.05, 4.69) is 27.8 Å². The Hall–Kier alpha value is -1.59. The van der Waals surface area contributed by atoms with Crippen molar-refractivity contribution < 1.29 is 0 Å². The number of aromatic nitrogens is 1. The highest BCUT2D eigenvalue weighted by atomic mass is 15.0. The average molecular weight is 285 g/mol. The molecule has 112 valence electrons. The summed E-state index contributed by atoms with van der Waals surface area (Å²) in [6.07, 6.45) is 5.22. The molecule has 1 aromatic heterocycles. The summed E-state index contributed by atoms with van der Waals surface area (Å²) in [4.78, 5) is 14.0. The first-order valence-electron chi connectivity index (χ1n) is 7.88. The Balaban J connectivity index is 1.85. The van der Waals surface area contributed by atoms with Gasteiger partial charge in [0.15, 0.2) is 0 Å². The summed E-state index contributed by atoms with van der Waals surface area (Å²) in [6, 6.07) is 4.26. The molecule has 2 heterocycles. The van der Waals surface area contributed by atoms with Gasteiger partial charge in [0.2, 0.25) is 0 Å². The summed E-state index contributed by atoms with van der Waals surface area (Å²) in [5.74, 6) is 0. The Morgan fingerprint density at radius 1 is 0.905 bits per heavy atom. The van der Waals surface area contributed by atoms with Crippen LogP contribution in [0.25, 0.3) is 0 Å². The lowest BCUT2D eigenvalue weighted by atomic mass is 9.94. The average Bonchev–Trinajstić information content (AvgIpc) is 2.52. The maximum atomic E-state index is 4.77. The van der Waals surface area contributed by atoms with Crippen molar-refractivity contribution in [1.82, 2.24) is 15.6 Å². The van der Waals surface area contributed by atoms with Gasteiger partial charge in [-0.2, -0.15) is 0 Å². The van der Waals surface area contributed by atoms with Crippen molar-refractivity contribution in [3.05, 3.63) is 29.1 Å². The third-order valence-corrected chi connectivity index (χ3v) is 3.84. The van der Waals surface area contributed by atoms with Crippen LogP contribution in [0.4, 0.5) is 0 Å². The van der Waals surface area contributed by atoms with E-state index < -0.39 is 0 Å². The predicted octanol–water partition coefficient (Wildman–Crippen LogP) is 0.819. The summed E-state index contributed by atoms with van der Waals surface area (Å²) in [7, 11) is 0. The largest absolute Gasteiger partial charge is 0.314 e. The second kappa shape index (κ2) is 7.43. The monoisotopic (exact) mass is 285 g/mol. The number of fused-ring (bicyclic) bond motifs is 1. The Labute approximate surface area is 126 Å². The maximum Gasteiger partial charge on any atom is 0.0879 e. The van der Waals surface area contributed by atoms with Gasteiger partial charge in [0.1, 0.15) is 0 Å². The molecule has 2 N–H and O–H groups in total. The quantitative estimate of drug-likeness (QED) is 0.742. The number of pyridine rings is 1. The molecule has 1 aliphatic heterocycles. The molecule has 21 heavy (non-hydrogen) atoms. The first kappa shape index (κ1) is 14.4. The van der Waals surface area contributed by atoms with Gasteiger partial charge in [-0.1, -0.05) is 6.07 Å². The molecule has 1 aliphatic carbocycles. The van der Waals surface area contributed by atoms with Crippen LogP contribution in [0.3, 0.4) is 0 Å². The van der Waals surface area contributed by atoms with Gasteiger partial charge in [-0.25, -0.2) is 4.98 Å². The van der Waals surface area contributed by atoms with E-state index >= 15 is 0 Å². The van der Waals surface area contributed by atoms with E-state index in [1.54, 1.807) is 0 Å². The molecule has 0 unspecified atom stereocenters. The molecule has 0 spiro atoms. The highest BCUT2D eigenvalue weighted by Crippen LogP contribution is 2.20. The fourth-order valence-corrected chi connectivity index (χ4v) is 2.74. The standard InChI is InChI=1S/C16H23N5/c1-2-13-4-5-14-12-19-9-8-17-6-7-18-10-11-20-15(3-1)16(13)21-14/h4-5,12,17-18H,1-3,6-11H2. The first-order chi connectivity index (χ1) is 10.4. The molecule has 2 aliphatic rings. The number of nitrogens with zero attached hydrogens (tertiary/aromatic N) is 3. The van der Waals surface area contributed by atoms with E-state index in [9.17, 15) is 0 Å². The highest BCUT2D eigenvalue weighted by molar-refractivity contribution is 6.01. The van der Waals surface area contributed by atoms with E-state index in [1.807, 2.05) is 6.21 Å². The number of hydrogen-bond acceptors (Lipinski definition) is 5. The van der Waals surface area contributed by atoms with E-state index in [-0.39, 0.29) is 0 Å². The number of hydrogen-bond donors (Lipinski definition) is 2. The van der Waals surface area contributed by atoms with Gasteiger partial charge < -0.3 is 10.6 Å². The van der Waals surface area contributed by atoms with E-state index in [0.29, 0.717) is 0 Å². The van der Waals surface area contributed by atoms with Gasteiger partial charge in [0, 0.05) is 32.4 Å². The molecule has 0 saturated carbocycles. The van der Waals surface area contributed by atoms with Crippen molar-refractivity contribution in [2.45, 2.75) is 19.3 Å². The molecule has 0 amide bonds. The van der Waals surface area contributed by atoms with E-state index in [0.717, 1.165) is 63.5 Å². The number of aliphatic imine (C=N–C) groups is 2. The summed E-state index contributed by atoms with van der Waals surface area (Å²) < 4.78 is 0. The molecule has 5 heteroatoms. The summed E-state index contributed by atoms with van der Waals surface area (Å²) in [6.45, 7) is 5.41. The van der Waals surface area contributed by atoms with Gasteiger partial charge in [-0.3, -0.25) is 9.98 Å². The highest BCUT2D eigenvalue weighted by Gasteiger charge is 2.17. The van der Waals surface area contributed by atoms with Gasteiger partial charge in [0.25, 0.3) is 0 Å². The summed E-state index contributed by atoms with van der Waals surface area (Å²) >= 11 is 0. The number of nitrogens with one attached hydrogen (secondary N) is 2. The van der Waals surface area contributed by atoms with E-state index in [1.165, 1.54) is 17.7 Å². The number of aryl methyl sites for hydroxylation is 1. The minimum absolute atomic E-state index is 0.791. The van der Waals surface area contributed by atoms with Crippen LogP contribution in [0.2, 0.25) is 0 Å². The van der Waals surface area contributed by atoms with Crippen molar-refractivity contribution in [1.29, 1.82) is 0 Å². The van der Waals surface area contributed by atoms with Gasteiger partial charge in [0.05, 0.1) is 30.2 Å². The third kappa shape index (κ3) is 3.95. The first-order valence-corrected chi connectivity index (χ1v) is 7.88. The van der Waals surface area contributed by atoms with Crippen molar-refractivity contribution in [2.24, 2.45) is 9.98 Å². The van der Waals surface area contributed by atoms with Gasteiger partial charge in [-0.15, -0.1) is 0 Å². The van der Waals surface area contributed by atoms with Crippen molar-refractivity contribution >= 4 is 11.9 Å². The Kier molecular flexibility index (Phi) is 5.08. The normalized spacial score (nSPS) is 20.3. The molecule has 0 saturated heterocycles. The zero-order chi connectivity index (χ0) is 14.3. The molecule has 5 nitrogen and oxygen atoms in total. The SMILES string of the molecule is C1=NCCNCCNCCN=C2CCCc3ccc1nc32. The second-order valence-electron chi connectivity index (χ2n) is 5.46. The molecule has 0 fully saturated rings. The topological polar surface area (TPSA) is 61.7 Å². The third-order valence-electron chi connectivity index (χ3n) is 3.84. The van der Waals surface area contributed by atoms with Crippen LogP contribution < -0.4 is 10.6 Å². The van der Waals surface area contributed by atoms with Crippen LogP contribution in [-0.4, -0.2) is 56.2 Å². The van der Waals surface area contributed by atoms with Gasteiger partial charge in [-0.05, 0) is 30.9 Å². The zero-order valence-electron chi connectivity index (χ0n) is 12.4. The maximum absolute atomic E-state index is 4.77. The fourth-order valence-electron chi connectivity index (χ4n) is 2.74. The lowest BCUT2D eigenvalue weighted by Crippen LogP contribution is -2.30. The smallest absolute Gasteiger partial charge is 0.0879 e. The van der Waals surface area contributed by atoms with Crippen LogP contribution in [-0.2, 0) is 6.42 Å². The van der Waals surface area contributed by atoms with Gasteiger partial charge >= 0.3 is 0 Å². The van der Waals surface area contributed by atoms with E-state index in [4.69, 9.17) is 9.98 Å². The zero-order valence-corrected chi connectivity index (χ0v) is 12.4. The molecule has 1 aromatic rings. The molecular weight excluding hydrogens is 262 g/mol. The predicted molar refractivity (Wildman–Crippen MR) is 86.8 cm³/mol. The minimum Gasteiger partial charge on any atom is -0.314 e. The number of rotatable bonds is 0. The molecule has 2 bridgehead atoms. The summed E-state index contributed by atoms with van der Waals surface area (Å²) in [5.41, 5.74) is 4.53. The van der Waals surface area contributed by atoms with Crippen LogP contribution >= 0.6 is 0 Å². The second-order valence-corrected chi connectivity index (χ2v) is 5.46. The molecule has 3 rings (SSSR count). The van der Waals surface area contributed by atoms with Crippen LogP contribution in [0, 0.1) is 0 Å². The Bertz CT molecular complexity index is 535. The molecular formula is C16H23N5. The molecule has 0 aromatic carbocycles. The molecule has 0 radical (unpaired) electrons.